The summed E-state index contributed by atoms with van der Waals surface area (Å²) in [5.74, 6) is 0.0971. The summed E-state index contributed by atoms with van der Waals surface area (Å²) in [6.45, 7) is 3.62. The van der Waals surface area contributed by atoms with Crippen LogP contribution in [0.4, 0.5) is 10.3 Å². The van der Waals surface area contributed by atoms with Gasteiger partial charge in [-0.2, -0.15) is 0 Å². The summed E-state index contributed by atoms with van der Waals surface area (Å²) < 4.78 is 15.9. The summed E-state index contributed by atoms with van der Waals surface area (Å²) in [6, 6.07) is 3.13. The van der Waals surface area contributed by atoms with Gasteiger partial charge in [0.2, 0.25) is 5.95 Å². The molecule has 1 aliphatic rings. The van der Waals surface area contributed by atoms with E-state index in [0.29, 0.717) is 21.5 Å². The zero-order chi connectivity index (χ0) is 13.6. The molecule has 2 N–H and O–H groups in total. The Morgan fingerprint density at radius 2 is 1.95 bits per heavy atom. The van der Waals surface area contributed by atoms with E-state index < -0.39 is 0 Å². The number of aromatic nitrogens is 2. The highest BCUT2D eigenvalue weighted by atomic mass is 79.9. The van der Waals surface area contributed by atoms with Gasteiger partial charge in [0, 0.05) is 32.2 Å². The first-order valence-electron chi connectivity index (χ1n) is 6.13. The lowest BCUT2D eigenvalue weighted by atomic mass is 10.3. The largest absolute Gasteiger partial charge is 0.368 e. The molecular formula is C12H15BrFN5. The number of benzene rings is 1. The molecule has 1 fully saturated rings. The monoisotopic (exact) mass is 327 g/mol. The maximum atomic E-state index is 13.7. The predicted octanol–water partition coefficient (Wildman–Crippen LogP) is 1.40. The Morgan fingerprint density at radius 3 is 2.63 bits per heavy atom. The van der Waals surface area contributed by atoms with Gasteiger partial charge >= 0.3 is 0 Å². The third-order valence-electron chi connectivity index (χ3n) is 3.46. The van der Waals surface area contributed by atoms with E-state index in [2.05, 4.69) is 37.9 Å². The van der Waals surface area contributed by atoms with Crippen molar-refractivity contribution in [3.63, 3.8) is 0 Å². The first-order chi connectivity index (χ1) is 9.06. The second kappa shape index (κ2) is 4.64. The van der Waals surface area contributed by atoms with E-state index in [4.69, 9.17) is 5.73 Å². The summed E-state index contributed by atoms with van der Waals surface area (Å²) in [5, 5.41) is 2.11. The average molecular weight is 328 g/mol. The summed E-state index contributed by atoms with van der Waals surface area (Å²) >= 11 is 3.17. The van der Waals surface area contributed by atoms with Crippen LogP contribution in [0.25, 0.3) is 11.0 Å². The molecule has 0 saturated carbocycles. The summed E-state index contributed by atoms with van der Waals surface area (Å²) in [5.41, 5.74) is 7.39. The van der Waals surface area contributed by atoms with Crippen LogP contribution in [0.5, 0.6) is 0 Å². The fraction of sp³-hybridized carbons (Fsp3) is 0.417. The van der Waals surface area contributed by atoms with E-state index in [-0.39, 0.29) is 5.82 Å². The zero-order valence-corrected chi connectivity index (χ0v) is 12.2. The predicted molar refractivity (Wildman–Crippen MR) is 77.3 cm³/mol. The number of likely N-dealkylation sites (N-methyl/N-ethyl adjacent to an activating group) is 1. The van der Waals surface area contributed by atoms with E-state index in [1.54, 1.807) is 6.07 Å². The Labute approximate surface area is 118 Å². The minimum atomic E-state index is -0.303. The third kappa shape index (κ3) is 2.17. The summed E-state index contributed by atoms with van der Waals surface area (Å²) in [7, 11) is 2.09. The van der Waals surface area contributed by atoms with E-state index in [1.165, 1.54) is 6.07 Å². The molecule has 0 bridgehead atoms. The molecule has 1 aromatic heterocycles. The number of nitrogen functional groups attached to an aromatic ring is 1. The molecule has 0 aliphatic carbocycles. The second-order valence-corrected chi connectivity index (χ2v) is 5.65. The van der Waals surface area contributed by atoms with Crippen molar-refractivity contribution in [3.8, 4) is 0 Å². The van der Waals surface area contributed by atoms with Gasteiger partial charge in [0.1, 0.15) is 5.82 Å². The highest BCUT2D eigenvalue weighted by molar-refractivity contribution is 9.10. The number of hydrogen-bond acceptors (Lipinski definition) is 4. The van der Waals surface area contributed by atoms with Crippen LogP contribution < -0.4 is 10.7 Å². The Morgan fingerprint density at radius 1 is 1.26 bits per heavy atom. The van der Waals surface area contributed by atoms with Crippen molar-refractivity contribution >= 4 is 32.9 Å². The number of imidazole rings is 1. The van der Waals surface area contributed by atoms with E-state index >= 15 is 0 Å². The number of fused-ring (bicyclic) bond motifs is 1. The Kier molecular flexibility index (Phi) is 3.10. The van der Waals surface area contributed by atoms with Gasteiger partial charge < -0.3 is 15.6 Å². The Bertz CT molecular complexity index is 618. The standard InChI is InChI=1S/C12H15BrFN5/c1-17-2-4-18(5-3-17)19-11-7-9(14)8(13)6-10(11)16-12(19)15/h6-7H,2-5H2,1H3,(H2,15,16). The van der Waals surface area contributed by atoms with Crippen molar-refractivity contribution in [2.75, 3.05) is 44.0 Å². The molecule has 1 aliphatic heterocycles. The third-order valence-corrected chi connectivity index (χ3v) is 4.07. The van der Waals surface area contributed by atoms with Gasteiger partial charge in [-0.05, 0) is 29.0 Å². The highest BCUT2D eigenvalue weighted by Gasteiger charge is 2.20. The van der Waals surface area contributed by atoms with Crippen LogP contribution in [0.2, 0.25) is 0 Å². The number of halogens is 2. The van der Waals surface area contributed by atoms with Crippen LogP contribution in [0, 0.1) is 5.82 Å². The molecule has 2 heterocycles. The molecular weight excluding hydrogens is 313 g/mol. The number of rotatable bonds is 1. The van der Waals surface area contributed by atoms with Gasteiger partial charge in [-0.25, -0.2) is 14.1 Å². The summed E-state index contributed by atoms with van der Waals surface area (Å²) in [4.78, 5) is 6.55. The lowest BCUT2D eigenvalue weighted by molar-refractivity contribution is 0.290. The summed E-state index contributed by atoms with van der Waals surface area (Å²) in [6.07, 6.45) is 0. The fourth-order valence-electron chi connectivity index (χ4n) is 2.37. The lowest BCUT2D eigenvalue weighted by Gasteiger charge is -2.35. The minimum absolute atomic E-state index is 0.303. The van der Waals surface area contributed by atoms with Gasteiger partial charge in [-0.3, -0.25) is 0 Å². The molecule has 0 amide bonds. The Balaban J connectivity index is 2.07. The Hall–Kier alpha value is -1.34. The van der Waals surface area contributed by atoms with Crippen LogP contribution >= 0.6 is 15.9 Å². The first-order valence-corrected chi connectivity index (χ1v) is 6.92. The van der Waals surface area contributed by atoms with Crippen LogP contribution in [0.3, 0.4) is 0 Å². The fourth-order valence-corrected chi connectivity index (χ4v) is 2.70. The smallest absolute Gasteiger partial charge is 0.220 e. The van der Waals surface area contributed by atoms with Gasteiger partial charge in [0.15, 0.2) is 0 Å². The maximum Gasteiger partial charge on any atom is 0.220 e. The lowest BCUT2D eigenvalue weighted by Crippen LogP contribution is -2.50. The van der Waals surface area contributed by atoms with Crippen LogP contribution in [-0.4, -0.2) is 47.8 Å². The van der Waals surface area contributed by atoms with Crippen molar-refractivity contribution in [1.82, 2.24) is 14.6 Å². The van der Waals surface area contributed by atoms with Crippen molar-refractivity contribution in [3.05, 3.63) is 22.4 Å². The first kappa shape index (κ1) is 12.7. The molecule has 1 aromatic carbocycles. The minimum Gasteiger partial charge on any atom is -0.368 e. The molecule has 0 atom stereocenters. The molecule has 1 saturated heterocycles. The van der Waals surface area contributed by atoms with Crippen molar-refractivity contribution in [2.24, 2.45) is 0 Å². The zero-order valence-electron chi connectivity index (χ0n) is 10.6. The molecule has 19 heavy (non-hydrogen) atoms. The normalized spacial score (nSPS) is 17.3. The SMILES string of the molecule is CN1CCN(n2c(N)nc3cc(Br)c(F)cc32)CC1. The molecule has 0 spiro atoms. The van der Waals surface area contributed by atoms with E-state index in [9.17, 15) is 4.39 Å². The van der Waals surface area contributed by atoms with E-state index in [0.717, 1.165) is 26.2 Å². The quantitative estimate of drug-likeness (QED) is 0.860. The van der Waals surface area contributed by atoms with Crippen LogP contribution in [0.1, 0.15) is 0 Å². The molecule has 0 radical (unpaired) electrons. The highest BCUT2D eigenvalue weighted by Crippen LogP contribution is 2.25. The topological polar surface area (TPSA) is 50.3 Å². The van der Waals surface area contributed by atoms with Gasteiger partial charge in [-0.1, -0.05) is 0 Å². The van der Waals surface area contributed by atoms with Crippen molar-refractivity contribution in [2.45, 2.75) is 0 Å². The number of piperazine rings is 1. The van der Waals surface area contributed by atoms with E-state index in [1.807, 2.05) is 4.68 Å². The van der Waals surface area contributed by atoms with Gasteiger partial charge in [-0.15, -0.1) is 0 Å². The number of hydrogen-bond donors (Lipinski definition) is 1. The molecule has 5 nitrogen and oxygen atoms in total. The van der Waals surface area contributed by atoms with Crippen molar-refractivity contribution < 1.29 is 4.39 Å². The number of nitrogens with zero attached hydrogens (tertiary/aromatic N) is 4. The average Bonchev–Trinajstić information content (AvgIpc) is 2.67. The molecule has 2 aromatic rings. The number of anilines is 1. The number of nitrogens with two attached hydrogens (primary N) is 1. The maximum absolute atomic E-state index is 13.7. The van der Waals surface area contributed by atoms with Crippen LogP contribution in [0.15, 0.2) is 16.6 Å². The molecule has 102 valence electrons. The molecule has 7 heteroatoms. The van der Waals surface area contributed by atoms with Gasteiger partial charge in [0.25, 0.3) is 0 Å². The second-order valence-electron chi connectivity index (χ2n) is 4.79. The molecule has 3 rings (SSSR count). The van der Waals surface area contributed by atoms with Gasteiger partial charge in [0.05, 0.1) is 15.5 Å². The molecule has 0 unspecified atom stereocenters. The van der Waals surface area contributed by atoms with Crippen LogP contribution in [-0.2, 0) is 0 Å². The van der Waals surface area contributed by atoms with Crippen molar-refractivity contribution in [1.29, 1.82) is 0 Å².